The normalized spacial score (nSPS) is 23.7. The molecule has 1 spiro atoms. The summed E-state index contributed by atoms with van der Waals surface area (Å²) in [5.41, 5.74) is 6.91. The SMILES string of the molecule is COc1c(C)cc(C2=NO[C@]3(C2)C[C@@H](C(=O)N[C@@H](CC2CC2)C(=O)C(N)=O)N(C(=O)[C@@H](NC(=O)OC2CCCC2)C(C)(C)C)C3)cc1C. The van der Waals surface area contributed by atoms with E-state index in [1.807, 2.05) is 46.8 Å². The van der Waals surface area contributed by atoms with E-state index in [0.29, 0.717) is 18.6 Å². The van der Waals surface area contributed by atoms with Gasteiger partial charge in [-0.1, -0.05) is 38.8 Å². The number of rotatable bonds is 11. The Bertz CT molecular complexity index is 1470. The van der Waals surface area contributed by atoms with E-state index in [-0.39, 0.29) is 25.0 Å². The Hall–Kier alpha value is -4.16. The van der Waals surface area contributed by atoms with Crippen LogP contribution in [-0.2, 0) is 28.8 Å². The van der Waals surface area contributed by atoms with Gasteiger partial charge in [-0.25, -0.2) is 4.79 Å². The first-order valence-electron chi connectivity index (χ1n) is 16.9. The lowest BCUT2D eigenvalue weighted by Gasteiger charge is -2.35. The van der Waals surface area contributed by atoms with Crippen LogP contribution >= 0.6 is 0 Å². The topological polar surface area (TPSA) is 179 Å². The average Bonchev–Trinajstić information content (AvgIpc) is 3.37. The van der Waals surface area contributed by atoms with Gasteiger partial charge in [0.05, 0.1) is 25.4 Å². The molecule has 2 aliphatic carbocycles. The van der Waals surface area contributed by atoms with Gasteiger partial charge in [-0.2, -0.15) is 0 Å². The van der Waals surface area contributed by atoms with Gasteiger partial charge in [0.25, 0.3) is 5.91 Å². The minimum absolute atomic E-state index is 0.00797. The number of hydrogen-bond acceptors (Lipinski definition) is 9. The van der Waals surface area contributed by atoms with Gasteiger partial charge in [-0.05, 0) is 80.5 Å². The Labute approximate surface area is 281 Å². The maximum atomic E-state index is 14.5. The molecule has 1 aromatic rings. The van der Waals surface area contributed by atoms with Gasteiger partial charge in [0.15, 0.2) is 5.60 Å². The highest BCUT2D eigenvalue weighted by molar-refractivity contribution is 6.37. The number of likely N-dealkylation sites (tertiary alicyclic amines) is 1. The number of Topliss-reactive ketones (excluding diaryl/α,β-unsaturated/α-hetero) is 1. The largest absolute Gasteiger partial charge is 0.496 e. The number of benzene rings is 1. The van der Waals surface area contributed by atoms with Crippen molar-refractivity contribution in [3.8, 4) is 5.75 Å². The highest BCUT2D eigenvalue weighted by Gasteiger charge is 2.56. The molecule has 2 heterocycles. The van der Waals surface area contributed by atoms with E-state index in [1.54, 1.807) is 7.11 Å². The molecule has 48 heavy (non-hydrogen) atoms. The molecule has 13 heteroatoms. The number of alkyl carbamates (subject to hydrolysis) is 1. The molecule has 1 saturated heterocycles. The predicted octanol–water partition coefficient (Wildman–Crippen LogP) is 3.20. The summed E-state index contributed by atoms with van der Waals surface area (Å²) in [7, 11) is 1.62. The van der Waals surface area contributed by atoms with Crippen molar-refractivity contribution in [2.45, 2.75) is 122 Å². The zero-order valence-electron chi connectivity index (χ0n) is 28.9. The quantitative estimate of drug-likeness (QED) is 0.301. The highest BCUT2D eigenvalue weighted by Crippen LogP contribution is 2.41. The van der Waals surface area contributed by atoms with E-state index in [4.69, 9.17) is 20.0 Å². The lowest BCUT2D eigenvalue weighted by molar-refractivity contribution is -0.143. The van der Waals surface area contributed by atoms with E-state index in [1.165, 1.54) is 4.90 Å². The van der Waals surface area contributed by atoms with Crippen LogP contribution in [0.3, 0.4) is 0 Å². The van der Waals surface area contributed by atoms with Gasteiger partial charge in [-0.3, -0.25) is 19.2 Å². The van der Waals surface area contributed by atoms with E-state index in [9.17, 15) is 24.0 Å². The Morgan fingerprint density at radius 2 is 1.71 bits per heavy atom. The number of nitrogens with two attached hydrogens (primary N) is 1. The third-order valence-corrected chi connectivity index (χ3v) is 9.92. The van der Waals surface area contributed by atoms with Crippen molar-refractivity contribution >= 4 is 35.3 Å². The van der Waals surface area contributed by atoms with E-state index >= 15 is 0 Å². The van der Waals surface area contributed by atoms with Crippen LogP contribution in [0.1, 0.15) is 95.2 Å². The molecule has 4 N–H and O–H groups in total. The number of methoxy groups -OCH3 is 1. The molecule has 4 amide bonds. The summed E-state index contributed by atoms with van der Waals surface area (Å²) in [5, 5.41) is 9.95. The monoisotopic (exact) mass is 667 g/mol. The molecule has 4 aliphatic rings. The molecule has 1 aromatic carbocycles. The molecule has 4 atom stereocenters. The van der Waals surface area contributed by atoms with Crippen molar-refractivity contribution < 1.29 is 38.3 Å². The van der Waals surface area contributed by atoms with Crippen LogP contribution < -0.4 is 21.1 Å². The van der Waals surface area contributed by atoms with E-state index < -0.39 is 58.7 Å². The predicted molar refractivity (Wildman–Crippen MR) is 176 cm³/mol. The van der Waals surface area contributed by atoms with Crippen LogP contribution in [0.2, 0.25) is 0 Å². The summed E-state index contributed by atoms with van der Waals surface area (Å²) in [6.45, 7) is 9.37. The lowest BCUT2D eigenvalue weighted by atomic mass is 9.85. The second-order valence-electron chi connectivity index (χ2n) is 15.0. The van der Waals surface area contributed by atoms with Gasteiger partial charge in [0.1, 0.15) is 23.9 Å². The van der Waals surface area contributed by atoms with Gasteiger partial charge in [0.2, 0.25) is 17.6 Å². The number of amides is 4. The number of ketones is 1. The molecule has 3 fully saturated rings. The fourth-order valence-corrected chi connectivity index (χ4v) is 7.20. The minimum Gasteiger partial charge on any atom is -0.496 e. The maximum absolute atomic E-state index is 14.5. The summed E-state index contributed by atoms with van der Waals surface area (Å²) in [5.74, 6) is -2.11. The molecule has 0 unspecified atom stereocenters. The number of carbonyl (C=O) groups is 5. The van der Waals surface area contributed by atoms with Crippen molar-refractivity contribution in [2.24, 2.45) is 22.2 Å². The Morgan fingerprint density at radius 3 is 2.27 bits per heavy atom. The zero-order valence-corrected chi connectivity index (χ0v) is 28.9. The number of carbonyl (C=O) groups excluding carboxylic acids is 5. The number of aryl methyl sites for hydroxylation is 2. The van der Waals surface area contributed by atoms with Gasteiger partial charge in [0, 0.05) is 18.4 Å². The van der Waals surface area contributed by atoms with Crippen molar-refractivity contribution in [2.75, 3.05) is 13.7 Å². The summed E-state index contributed by atoms with van der Waals surface area (Å²) in [6.07, 6.45) is 5.09. The van der Waals surface area contributed by atoms with Crippen LogP contribution in [0.4, 0.5) is 4.79 Å². The molecular formula is C35H49N5O8. The first kappa shape index (κ1) is 35.2. The summed E-state index contributed by atoms with van der Waals surface area (Å²) < 4.78 is 11.1. The van der Waals surface area contributed by atoms with Gasteiger partial charge >= 0.3 is 6.09 Å². The molecule has 0 aromatic heterocycles. The van der Waals surface area contributed by atoms with Crippen LogP contribution in [0.5, 0.6) is 5.75 Å². The van der Waals surface area contributed by atoms with Gasteiger partial charge in [-0.15, -0.1) is 0 Å². The molecule has 2 saturated carbocycles. The molecule has 2 aliphatic heterocycles. The van der Waals surface area contributed by atoms with Crippen molar-refractivity contribution in [3.63, 3.8) is 0 Å². The fraction of sp³-hybridized carbons (Fsp3) is 0.657. The summed E-state index contributed by atoms with van der Waals surface area (Å²) in [4.78, 5) is 73.7. The first-order chi connectivity index (χ1) is 22.6. The number of primary amides is 1. The van der Waals surface area contributed by atoms with Crippen LogP contribution in [-0.4, -0.2) is 83.7 Å². The lowest BCUT2D eigenvalue weighted by Crippen LogP contribution is -2.59. The fourth-order valence-electron chi connectivity index (χ4n) is 7.20. The maximum Gasteiger partial charge on any atom is 0.408 e. The molecular weight excluding hydrogens is 618 g/mol. The molecule has 0 radical (unpaired) electrons. The summed E-state index contributed by atoms with van der Waals surface area (Å²) in [6, 6.07) is 0.701. The second-order valence-corrected chi connectivity index (χ2v) is 15.0. The van der Waals surface area contributed by atoms with Crippen LogP contribution in [0, 0.1) is 25.2 Å². The standard InChI is InChI=1S/C35H49N5O8/c1-19-13-22(14-20(2)28(19)46-6)25-16-35(48-39-25)17-26(31(43)37-24(15-21-11-12-21)27(41)30(36)42)40(18-35)32(44)29(34(3,4)5)38-33(45)47-23-9-7-8-10-23/h13-14,21,23-24,26,29H,7-12,15-18H2,1-6H3,(H2,36,42)(H,37,43)(H,38,45)/t24-,26-,29+,35+/m0/s1. The third-order valence-electron chi connectivity index (χ3n) is 9.92. The second kappa shape index (κ2) is 13.8. The zero-order chi connectivity index (χ0) is 35.0. The highest BCUT2D eigenvalue weighted by atomic mass is 16.7. The minimum atomic E-state index is -1.13. The number of nitrogens with zero attached hydrogens (tertiary/aromatic N) is 2. The molecule has 0 bridgehead atoms. The first-order valence-corrected chi connectivity index (χ1v) is 16.9. The van der Waals surface area contributed by atoms with E-state index in [0.717, 1.165) is 61.0 Å². The Balaban J connectivity index is 1.42. The Morgan fingerprint density at radius 1 is 1.06 bits per heavy atom. The van der Waals surface area contributed by atoms with Crippen molar-refractivity contribution in [1.82, 2.24) is 15.5 Å². The van der Waals surface area contributed by atoms with Crippen molar-refractivity contribution in [3.05, 3.63) is 28.8 Å². The molecule has 5 rings (SSSR count). The average molecular weight is 668 g/mol. The number of ether oxygens (including phenoxy) is 2. The third kappa shape index (κ3) is 7.76. The summed E-state index contributed by atoms with van der Waals surface area (Å²) >= 11 is 0. The van der Waals surface area contributed by atoms with Gasteiger partial charge < -0.3 is 35.6 Å². The van der Waals surface area contributed by atoms with Crippen molar-refractivity contribution in [1.29, 1.82) is 0 Å². The number of hydrogen-bond donors (Lipinski definition) is 3. The molecule has 13 nitrogen and oxygen atoms in total. The number of nitrogens with one attached hydrogen (secondary N) is 2. The molecule has 262 valence electrons. The number of oxime groups is 1. The van der Waals surface area contributed by atoms with Crippen LogP contribution in [0.25, 0.3) is 0 Å². The van der Waals surface area contributed by atoms with Crippen LogP contribution in [0.15, 0.2) is 17.3 Å². The Kier molecular flexibility index (Phi) is 10.1. The van der Waals surface area contributed by atoms with E-state index in [2.05, 4.69) is 15.8 Å². The smallest absolute Gasteiger partial charge is 0.408 e.